The van der Waals surface area contributed by atoms with E-state index in [9.17, 15) is 18.0 Å². The van der Waals surface area contributed by atoms with Crippen LogP contribution < -0.4 is 5.32 Å². The zero-order chi connectivity index (χ0) is 14.8. The molecule has 8 heteroatoms. The maximum atomic E-state index is 12.3. The molecule has 1 aromatic heterocycles. The molecule has 0 saturated heterocycles. The predicted molar refractivity (Wildman–Crippen MR) is 70.0 cm³/mol. The highest BCUT2D eigenvalue weighted by atomic mass is 79.9. The Morgan fingerprint density at radius 2 is 1.90 bits per heavy atom. The smallest absolute Gasteiger partial charge is 0.324 e. The second kappa shape index (κ2) is 5.66. The number of hydrogen-bond acceptors (Lipinski definition) is 2. The zero-order valence-electron chi connectivity index (χ0n) is 9.99. The largest absolute Gasteiger partial charge is 0.435 e. The van der Waals surface area contributed by atoms with Crippen LogP contribution in [-0.4, -0.2) is 15.7 Å². The van der Waals surface area contributed by atoms with Crippen LogP contribution in [0, 0.1) is 0 Å². The molecule has 1 aromatic carbocycles. The molecule has 0 fully saturated rings. The molecule has 106 valence electrons. The van der Waals surface area contributed by atoms with Crippen LogP contribution in [0.5, 0.6) is 0 Å². The summed E-state index contributed by atoms with van der Waals surface area (Å²) < 4.78 is 38.8. The second-order valence-electron chi connectivity index (χ2n) is 3.95. The Morgan fingerprint density at radius 3 is 2.45 bits per heavy atom. The van der Waals surface area contributed by atoms with Gasteiger partial charge in [0.1, 0.15) is 6.54 Å². The van der Waals surface area contributed by atoms with Gasteiger partial charge < -0.3 is 5.32 Å². The van der Waals surface area contributed by atoms with Gasteiger partial charge in [0.25, 0.3) is 0 Å². The molecule has 0 bridgehead atoms. The summed E-state index contributed by atoms with van der Waals surface area (Å²) in [6.07, 6.45) is -3.39. The van der Waals surface area contributed by atoms with E-state index in [1.807, 2.05) is 0 Å². The minimum absolute atomic E-state index is 0.286. The van der Waals surface area contributed by atoms with Crippen LogP contribution in [0.2, 0.25) is 0 Å². The number of hydrogen-bond donors (Lipinski definition) is 1. The highest BCUT2D eigenvalue weighted by Crippen LogP contribution is 2.27. The van der Waals surface area contributed by atoms with E-state index in [-0.39, 0.29) is 6.54 Å². The maximum Gasteiger partial charge on any atom is 0.435 e. The summed E-state index contributed by atoms with van der Waals surface area (Å²) in [6, 6.07) is 7.65. The Hall–Kier alpha value is -1.83. The summed E-state index contributed by atoms with van der Waals surface area (Å²) in [6.45, 7) is -0.286. The molecule has 0 aliphatic carbocycles. The van der Waals surface area contributed by atoms with Crippen molar-refractivity contribution in [1.82, 2.24) is 9.78 Å². The number of anilines is 1. The number of aromatic nitrogens is 2. The lowest BCUT2D eigenvalue weighted by Crippen LogP contribution is -2.19. The molecule has 2 rings (SSSR count). The summed E-state index contributed by atoms with van der Waals surface area (Å²) in [5, 5.41) is 5.86. The van der Waals surface area contributed by atoms with Gasteiger partial charge in [-0.15, -0.1) is 0 Å². The molecule has 0 atom stereocenters. The Morgan fingerprint density at radius 1 is 1.25 bits per heavy atom. The summed E-state index contributed by atoms with van der Waals surface area (Å²) in [5.41, 5.74) is -0.463. The van der Waals surface area contributed by atoms with Gasteiger partial charge in [0, 0.05) is 16.4 Å². The number of carbonyl (C=O) groups excluding carboxylic acids is 1. The van der Waals surface area contributed by atoms with Gasteiger partial charge in [0.15, 0.2) is 5.69 Å². The number of rotatable bonds is 3. The molecule has 0 unspecified atom stereocenters. The van der Waals surface area contributed by atoms with Crippen molar-refractivity contribution in [2.24, 2.45) is 0 Å². The number of carbonyl (C=O) groups is 1. The highest BCUT2D eigenvalue weighted by Gasteiger charge is 2.33. The third-order valence-corrected chi connectivity index (χ3v) is 2.89. The molecule has 4 nitrogen and oxygen atoms in total. The molecule has 1 amide bonds. The third kappa shape index (κ3) is 3.83. The minimum atomic E-state index is -4.51. The summed E-state index contributed by atoms with van der Waals surface area (Å²) in [4.78, 5) is 11.7. The predicted octanol–water partition coefficient (Wildman–Crippen LogP) is 3.30. The van der Waals surface area contributed by atoms with E-state index in [0.29, 0.717) is 5.69 Å². The van der Waals surface area contributed by atoms with Gasteiger partial charge in [-0.1, -0.05) is 15.9 Å². The monoisotopic (exact) mass is 347 g/mol. The van der Waals surface area contributed by atoms with Crippen molar-refractivity contribution >= 4 is 27.5 Å². The maximum absolute atomic E-state index is 12.3. The third-order valence-electron chi connectivity index (χ3n) is 2.36. The van der Waals surface area contributed by atoms with Gasteiger partial charge in [-0.05, 0) is 30.3 Å². The minimum Gasteiger partial charge on any atom is -0.324 e. The number of nitrogens with one attached hydrogen (secondary N) is 1. The van der Waals surface area contributed by atoms with Crippen molar-refractivity contribution < 1.29 is 18.0 Å². The molecule has 0 saturated carbocycles. The molecule has 1 N–H and O–H groups in total. The van der Waals surface area contributed by atoms with Gasteiger partial charge in [-0.2, -0.15) is 18.3 Å². The Balaban J connectivity index is 1.98. The summed E-state index contributed by atoms with van der Waals surface area (Å²) in [7, 11) is 0. The van der Waals surface area contributed by atoms with Crippen molar-refractivity contribution in [2.45, 2.75) is 12.7 Å². The van der Waals surface area contributed by atoms with Crippen LogP contribution in [0.25, 0.3) is 0 Å². The molecule has 1 heterocycles. The van der Waals surface area contributed by atoms with Gasteiger partial charge in [-0.3, -0.25) is 9.48 Å². The molecule has 0 spiro atoms. The Kier molecular flexibility index (Phi) is 4.12. The first kappa shape index (κ1) is 14.6. The van der Waals surface area contributed by atoms with Crippen LogP contribution >= 0.6 is 15.9 Å². The summed E-state index contributed by atoms with van der Waals surface area (Å²) in [5.74, 6) is -0.454. The average molecular weight is 348 g/mol. The van der Waals surface area contributed by atoms with E-state index in [0.717, 1.165) is 21.4 Å². The summed E-state index contributed by atoms with van der Waals surface area (Å²) >= 11 is 3.25. The fourth-order valence-electron chi connectivity index (χ4n) is 1.48. The van der Waals surface area contributed by atoms with Crippen LogP contribution in [0.3, 0.4) is 0 Å². The molecule has 20 heavy (non-hydrogen) atoms. The molecule has 0 radical (unpaired) electrons. The van der Waals surface area contributed by atoms with Gasteiger partial charge in [-0.25, -0.2) is 0 Å². The van der Waals surface area contributed by atoms with E-state index in [1.54, 1.807) is 24.3 Å². The van der Waals surface area contributed by atoms with Crippen LogP contribution in [0.1, 0.15) is 5.69 Å². The lowest BCUT2D eigenvalue weighted by atomic mass is 10.3. The van der Waals surface area contributed by atoms with Crippen LogP contribution in [0.4, 0.5) is 18.9 Å². The van der Waals surface area contributed by atoms with Crippen molar-refractivity contribution in [3.8, 4) is 0 Å². The zero-order valence-corrected chi connectivity index (χ0v) is 11.6. The topological polar surface area (TPSA) is 46.9 Å². The first-order valence-electron chi connectivity index (χ1n) is 5.51. The van der Waals surface area contributed by atoms with Crippen LogP contribution in [-0.2, 0) is 17.5 Å². The first-order valence-corrected chi connectivity index (χ1v) is 6.30. The van der Waals surface area contributed by atoms with Crippen LogP contribution in [0.15, 0.2) is 41.0 Å². The van der Waals surface area contributed by atoms with Gasteiger partial charge >= 0.3 is 6.18 Å². The Bertz CT molecular complexity index is 607. The van der Waals surface area contributed by atoms with E-state index in [2.05, 4.69) is 26.3 Å². The van der Waals surface area contributed by atoms with Crippen molar-refractivity contribution in [3.63, 3.8) is 0 Å². The standard InChI is InChI=1S/C12H9BrF3N3O/c13-8-1-3-9(4-2-8)17-11(20)7-19-6-5-10(18-19)12(14,15)16/h1-6H,7H2,(H,17,20). The lowest BCUT2D eigenvalue weighted by Gasteiger charge is -2.06. The normalized spacial score (nSPS) is 11.4. The number of amides is 1. The number of benzene rings is 1. The van der Waals surface area contributed by atoms with E-state index in [1.165, 1.54) is 0 Å². The van der Waals surface area contributed by atoms with E-state index < -0.39 is 17.8 Å². The molecule has 0 aliphatic rings. The molecule has 0 aliphatic heterocycles. The van der Waals surface area contributed by atoms with E-state index >= 15 is 0 Å². The molecular weight excluding hydrogens is 339 g/mol. The average Bonchev–Trinajstić information content (AvgIpc) is 2.80. The van der Waals surface area contributed by atoms with Gasteiger partial charge in [0.05, 0.1) is 0 Å². The number of halogens is 4. The first-order chi connectivity index (χ1) is 9.34. The SMILES string of the molecule is O=C(Cn1ccc(C(F)(F)F)n1)Nc1ccc(Br)cc1. The van der Waals surface area contributed by atoms with Gasteiger partial charge in [0.2, 0.25) is 5.91 Å². The fourth-order valence-corrected chi connectivity index (χ4v) is 1.75. The lowest BCUT2D eigenvalue weighted by molar-refractivity contribution is -0.141. The molecule has 2 aromatic rings. The number of alkyl halides is 3. The van der Waals surface area contributed by atoms with Crippen molar-refractivity contribution in [1.29, 1.82) is 0 Å². The second-order valence-corrected chi connectivity index (χ2v) is 4.87. The number of nitrogens with zero attached hydrogens (tertiary/aromatic N) is 2. The van der Waals surface area contributed by atoms with Crippen molar-refractivity contribution in [3.05, 3.63) is 46.7 Å². The Labute approximate surface area is 120 Å². The quantitative estimate of drug-likeness (QED) is 0.925. The van der Waals surface area contributed by atoms with E-state index in [4.69, 9.17) is 0 Å². The van der Waals surface area contributed by atoms with Crippen molar-refractivity contribution in [2.75, 3.05) is 5.32 Å². The highest BCUT2D eigenvalue weighted by molar-refractivity contribution is 9.10. The molecular formula is C12H9BrF3N3O. The fraction of sp³-hybridized carbons (Fsp3) is 0.167.